The Bertz CT molecular complexity index is 370. The molecule has 0 aromatic carbocycles. The maximum Gasteiger partial charge on any atom is 0.389 e. The lowest BCUT2D eigenvalue weighted by Crippen LogP contribution is -2.10. The van der Waals surface area contributed by atoms with Gasteiger partial charge < -0.3 is 15.8 Å². The average molecular weight is 250 g/mol. The quantitative estimate of drug-likeness (QED) is 0.780. The molecule has 1 heterocycles. The third kappa shape index (κ3) is 5.23. The number of aromatic nitrogens is 2. The predicted octanol–water partition coefficient (Wildman–Crippen LogP) is 1.82. The van der Waals surface area contributed by atoms with Crippen LogP contribution < -0.4 is 15.8 Å². The molecule has 8 heteroatoms. The van der Waals surface area contributed by atoms with Crippen LogP contribution in [0.5, 0.6) is 5.88 Å². The standard InChI is InChI=1S/C9H13F3N4O/c1-14-6-5-7(16-8(13)15-6)17-4-2-3-9(10,11)12/h5H,2-4H2,1H3,(H3,13,14,15,16). The highest BCUT2D eigenvalue weighted by atomic mass is 19.4. The van der Waals surface area contributed by atoms with Crippen LogP contribution in [0.15, 0.2) is 6.07 Å². The fraction of sp³-hybridized carbons (Fsp3) is 0.556. The summed E-state index contributed by atoms with van der Waals surface area (Å²) in [4.78, 5) is 7.55. The lowest BCUT2D eigenvalue weighted by atomic mass is 10.3. The van der Waals surface area contributed by atoms with Crippen molar-refractivity contribution in [2.24, 2.45) is 0 Å². The van der Waals surface area contributed by atoms with E-state index in [0.29, 0.717) is 5.82 Å². The lowest BCUT2D eigenvalue weighted by molar-refractivity contribution is -0.136. The van der Waals surface area contributed by atoms with Gasteiger partial charge in [-0.3, -0.25) is 0 Å². The highest BCUT2D eigenvalue weighted by Crippen LogP contribution is 2.21. The summed E-state index contributed by atoms with van der Waals surface area (Å²) in [5, 5.41) is 2.73. The molecule has 0 aliphatic heterocycles. The van der Waals surface area contributed by atoms with Gasteiger partial charge >= 0.3 is 6.18 Å². The van der Waals surface area contributed by atoms with Gasteiger partial charge in [0.1, 0.15) is 5.82 Å². The molecule has 3 N–H and O–H groups in total. The number of ether oxygens (including phenoxy) is 1. The van der Waals surface area contributed by atoms with E-state index in [4.69, 9.17) is 10.5 Å². The second-order valence-corrected chi connectivity index (χ2v) is 3.27. The largest absolute Gasteiger partial charge is 0.477 e. The van der Waals surface area contributed by atoms with Gasteiger partial charge in [-0.25, -0.2) is 0 Å². The summed E-state index contributed by atoms with van der Waals surface area (Å²) in [7, 11) is 1.63. The maximum absolute atomic E-state index is 11.9. The highest BCUT2D eigenvalue weighted by molar-refractivity contribution is 5.41. The van der Waals surface area contributed by atoms with Gasteiger partial charge in [-0.1, -0.05) is 0 Å². The second kappa shape index (κ2) is 5.55. The van der Waals surface area contributed by atoms with Crippen LogP contribution in [-0.4, -0.2) is 29.8 Å². The van der Waals surface area contributed by atoms with E-state index in [2.05, 4.69) is 15.3 Å². The van der Waals surface area contributed by atoms with Crippen LogP contribution in [0.3, 0.4) is 0 Å². The van der Waals surface area contributed by atoms with Crippen LogP contribution in [0, 0.1) is 0 Å². The zero-order valence-corrected chi connectivity index (χ0v) is 9.21. The molecule has 1 aromatic heterocycles. The first-order valence-electron chi connectivity index (χ1n) is 4.92. The van der Waals surface area contributed by atoms with Crippen molar-refractivity contribution in [3.05, 3.63) is 6.07 Å². The first-order valence-corrected chi connectivity index (χ1v) is 4.92. The monoisotopic (exact) mass is 250 g/mol. The Morgan fingerprint density at radius 1 is 1.41 bits per heavy atom. The van der Waals surface area contributed by atoms with Crippen molar-refractivity contribution < 1.29 is 17.9 Å². The number of nitrogens with one attached hydrogen (secondary N) is 1. The summed E-state index contributed by atoms with van der Waals surface area (Å²) < 4.78 is 40.6. The van der Waals surface area contributed by atoms with E-state index < -0.39 is 12.6 Å². The number of hydrogen-bond donors (Lipinski definition) is 2. The molecule has 17 heavy (non-hydrogen) atoms. The van der Waals surface area contributed by atoms with E-state index in [1.807, 2.05) is 0 Å². The summed E-state index contributed by atoms with van der Waals surface area (Å²) in [6.45, 7) is -0.0703. The second-order valence-electron chi connectivity index (χ2n) is 3.27. The molecule has 0 unspecified atom stereocenters. The van der Waals surface area contributed by atoms with Gasteiger partial charge in [0.25, 0.3) is 0 Å². The molecule has 0 saturated heterocycles. The van der Waals surface area contributed by atoms with Crippen LogP contribution in [0.25, 0.3) is 0 Å². The molecule has 96 valence electrons. The molecule has 1 rings (SSSR count). The molecule has 0 aliphatic carbocycles. The Kier molecular flexibility index (Phi) is 4.36. The minimum Gasteiger partial charge on any atom is -0.477 e. The van der Waals surface area contributed by atoms with Gasteiger partial charge in [-0.15, -0.1) is 0 Å². The van der Waals surface area contributed by atoms with E-state index in [0.717, 1.165) is 0 Å². The number of rotatable bonds is 5. The zero-order chi connectivity index (χ0) is 12.9. The zero-order valence-electron chi connectivity index (χ0n) is 9.21. The molecule has 0 saturated carbocycles. The van der Waals surface area contributed by atoms with Gasteiger partial charge in [0.15, 0.2) is 0 Å². The average Bonchev–Trinajstić information content (AvgIpc) is 2.22. The fourth-order valence-corrected chi connectivity index (χ4v) is 1.09. The number of anilines is 2. The van der Waals surface area contributed by atoms with Crippen molar-refractivity contribution in [3.63, 3.8) is 0 Å². The summed E-state index contributed by atoms with van der Waals surface area (Å²) in [5.74, 6) is 0.606. The summed E-state index contributed by atoms with van der Waals surface area (Å²) >= 11 is 0. The number of hydrogen-bond acceptors (Lipinski definition) is 5. The Balaban J connectivity index is 2.44. The fourth-order valence-electron chi connectivity index (χ4n) is 1.09. The Morgan fingerprint density at radius 2 is 2.12 bits per heavy atom. The Hall–Kier alpha value is -1.73. The SMILES string of the molecule is CNc1cc(OCCCC(F)(F)F)nc(N)n1. The number of nitrogens with two attached hydrogens (primary N) is 1. The molecule has 0 bridgehead atoms. The van der Waals surface area contributed by atoms with Gasteiger partial charge in [-0.2, -0.15) is 23.1 Å². The number of alkyl halides is 3. The van der Waals surface area contributed by atoms with Crippen LogP contribution in [0.4, 0.5) is 24.9 Å². The molecular weight excluding hydrogens is 237 g/mol. The first-order chi connectivity index (χ1) is 7.90. The highest BCUT2D eigenvalue weighted by Gasteiger charge is 2.26. The molecule has 0 radical (unpaired) electrons. The van der Waals surface area contributed by atoms with Crippen molar-refractivity contribution in [1.29, 1.82) is 0 Å². The van der Waals surface area contributed by atoms with Crippen molar-refractivity contribution in [2.75, 3.05) is 24.7 Å². The van der Waals surface area contributed by atoms with Crippen molar-refractivity contribution in [1.82, 2.24) is 9.97 Å². The van der Waals surface area contributed by atoms with Gasteiger partial charge in [0.2, 0.25) is 11.8 Å². The summed E-state index contributed by atoms with van der Waals surface area (Å²) in [6.07, 6.45) is -5.17. The third-order valence-corrected chi connectivity index (χ3v) is 1.83. The molecule has 0 atom stereocenters. The smallest absolute Gasteiger partial charge is 0.389 e. The molecule has 0 amide bonds. The minimum absolute atomic E-state index is 0.00247. The normalized spacial score (nSPS) is 11.3. The molecule has 5 nitrogen and oxygen atoms in total. The van der Waals surface area contributed by atoms with E-state index >= 15 is 0 Å². The molecule has 0 spiro atoms. The van der Waals surface area contributed by atoms with Crippen LogP contribution >= 0.6 is 0 Å². The van der Waals surface area contributed by atoms with Crippen LogP contribution in [0.1, 0.15) is 12.8 Å². The Morgan fingerprint density at radius 3 is 2.71 bits per heavy atom. The van der Waals surface area contributed by atoms with Crippen molar-refractivity contribution >= 4 is 11.8 Å². The summed E-state index contributed by atoms with van der Waals surface area (Å²) in [5.41, 5.74) is 5.39. The number of nitrogens with zero attached hydrogens (tertiary/aromatic N) is 2. The van der Waals surface area contributed by atoms with Crippen molar-refractivity contribution in [3.8, 4) is 5.88 Å². The van der Waals surface area contributed by atoms with Gasteiger partial charge in [0.05, 0.1) is 6.61 Å². The van der Waals surface area contributed by atoms with Crippen LogP contribution in [-0.2, 0) is 0 Å². The lowest BCUT2D eigenvalue weighted by Gasteiger charge is -2.08. The van der Waals surface area contributed by atoms with E-state index in [1.165, 1.54) is 6.07 Å². The molecular formula is C9H13F3N4O. The van der Waals surface area contributed by atoms with E-state index in [9.17, 15) is 13.2 Å². The molecule has 1 aromatic rings. The van der Waals surface area contributed by atoms with Gasteiger partial charge in [-0.05, 0) is 6.42 Å². The van der Waals surface area contributed by atoms with Crippen LogP contribution in [0.2, 0.25) is 0 Å². The number of halogens is 3. The molecule has 0 fully saturated rings. The summed E-state index contributed by atoms with van der Waals surface area (Å²) in [6, 6.07) is 1.46. The van der Waals surface area contributed by atoms with E-state index in [-0.39, 0.29) is 24.9 Å². The maximum atomic E-state index is 11.9. The Labute approximate surface area is 96.2 Å². The number of nitrogen functional groups attached to an aromatic ring is 1. The minimum atomic E-state index is -4.16. The van der Waals surface area contributed by atoms with Crippen molar-refractivity contribution in [2.45, 2.75) is 19.0 Å². The van der Waals surface area contributed by atoms with Gasteiger partial charge in [0, 0.05) is 19.5 Å². The predicted molar refractivity (Wildman–Crippen MR) is 56.8 cm³/mol. The molecule has 0 aliphatic rings. The van der Waals surface area contributed by atoms with E-state index in [1.54, 1.807) is 7.05 Å². The third-order valence-electron chi connectivity index (χ3n) is 1.83. The topological polar surface area (TPSA) is 73.1 Å². The first kappa shape index (κ1) is 13.3.